The van der Waals surface area contributed by atoms with Crippen LogP contribution in [-0.4, -0.2) is 17.3 Å². The van der Waals surface area contributed by atoms with Crippen molar-refractivity contribution in [2.45, 2.75) is 26.2 Å². The molecule has 0 aliphatic rings. The number of hydrogen-bond acceptors (Lipinski definition) is 3. The van der Waals surface area contributed by atoms with E-state index in [1.165, 1.54) is 19.3 Å². The second-order valence-corrected chi connectivity index (χ2v) is 4.98. The second-order valence-electron chi connectivity index (χ2n) is 3.87. The lowest BCUT2D eigenvalue weighted by molar-refractivity contribution is 0.102. The van der Waals surface area contributed by atoms with Gasteiger partial charge in [0.25, 0.3) is 0 Å². The number of ketones is 1. The Labute approximate surface area is 107 Å². The highest BCUT2D eigenvalue weighted by molar-refractivity contribution is 7.99. The molecule has 0 saturated heterocycles. The lowest BCUT2D eigenvalue weighted by Crippen LogP contribution is -2.02. The van der Waals surface area contributed by atoms with Crippen LogP contribution in [0.2, 0.25) is 0 Å². The molecule has 3 heteroatoms. The molecule has 0 aliphatic carbocycles. The number of nitriles is 1. The molecule has 0 aliphatic heterocycles. The van der Waals surface area contributed by atoms with Gasteiger partial charge in [0.05, 0.1) is 17.4 Å². The summed E-state index contributed by atoms with van der Waals surface area (Å²) in [4.78, 5) is 11.8. The lowest BCUT2D eigenvalue weighted by Gasteiger charge is -2.01. The van der Waals surface area contributed by atoms with Gasteiger partial charge in [-0.25, -0.2) is 0 Å². The van der Waals surface area contributed by atoms with Crippen molar-refractivity contribution in [1.29, 1.82) is 5.26 Å². The zero-order valence-corrected chi connectivity index (χ0v) is 10.9. The summed E-state index contributed by atoms with van der Waals surface area (Å²) < 4.78 is 0. The molecular formula is C14H17NOS. The third-order valence-electron chi connectivity index (χ3n) is 2.46. The zero-order valence-electron chi connectivity index (χ0n) is 10.1. The highest BCUT2D eigenvalue weighted by Crippen LogP contribution is 2.11. The first-order valence-corrected chi connectivity index (χ1v) is 7.04. The molecule has 0 radical (unpaired) electrons. The van der Waals surface area contributed by atoms with E-state index in [0.717, 1.165) is 5.75 Å². The molecule has 1 rings (SSSR count). The minimum Gasteiger partial charge on any atom is -0.293 e. The minimum absolute atomic E-state index is 0.149. The van der Waals surface area contributed by atoms with E-state index in [2.05, 4.69) is 6.92 Å². The molecule has 0 spiro atoms. The van der Waals surface area contributed by atoms with E-state index < -0.39 is 0 Å². The van der Waals surface area contributed by atoms with E-state index in [1.54, 1.807) is 36.0 Å². The number of unbranched alkanes of at least 4 members (excludes halogenated alkanes) is 2. The maximum absolute atomic E-state index is 11.8. The van der Waals surface area contributed by atoms with Crippen molar-refractivity contribution in [3.63, 3.8) is 0 Å². The Kier molecular flexibility index (Phi) is 6.42. The van der Waals surface area contributed by atoms with Gasteiger partial charge in [-0.3, -0.25) is 4.79 Å². The fourth-order valence-electron chi connectivity index (χ4n) is 1.43. The number of thioether (sulfide) groups is 1. The number of rotatable bonds is 7. The second kappa shape index (κ2) is 7.92. The van der Waals surface area contributed by atoms with Gasteiger partial charge in [0.15, 0.2) is 5.78 Å². The number of nitrogens with zero attached hydrogens (tertiary/aromatic N) is 1. The van der Waals surface area contributed by atoms with Gasteiger partial charge < -0.3 is 0 Å². The molecule has 90 valence electrons. The lowest BCUT2D eigenvalue weighted by atomic mass is 10.1. The topological polar surface area (TPSA) is 40.9 Å². The van der Waals surface area contributed by atoms with Crippen LogP contribution in [-0.2, 0) is 0 Å². The van der Waals surface area contributed by atoms with Gasteiger partial charge >= 0.3 is 0 Å². The third kappa shape index (κ3) is 5.06. The van der Waals surface area contributed by atoms with Gasteiger partial charge in [0, 0.05) is 5.56 Å². The Morgan fingerprint density at radius 1 is 1.29 bits per heavy atom. The molecule has 0 fully saturated rings. The van der Waals surface area contributed by atoms with Crippen LogP contribution in [0.15, 0.2) is 24.3 Å². The SMILES string of the molecule is CCCCCSCC(=O)c1ccc(C#N)cc1. The maximum Gasteiger partial charge on any atom is 0.172 e. The maximum atomic E-state index is 11.8. The first-order chi connectivity index (χ1) is 8.27. The summed E-state index contributed by atoms with van der Waals surface area (Å²) in [6, 6.07) is 8.88. The Balaban J connectivity index is 2.34. The van der Waals surface area contributed by atoms with Crippen LogP contribution in [0, 0.1) is 11.3 Å². The zero-order chi connectivity index (χ0) is 12.5. The normalized spacial score (nSPS) is 9.88. The van der Waals surface area contributed by atoms with Gasteiger partial charge in [0.1, 0.15) is 0 Å². The summed E-state index contributed by atoms with van der Waals surface area (Å²) in [6.45, 7) is 2.17. The van der Waals surface area contributed by atoms with Crippen LogP contribution < -0.4 is 0 Å². The largest absolute Gasteiger partial charge is 0.293 e. The average molecular weight is 247 g/mol. The molecular weight excluding hydrogens is 230 g/mol. The van der Waals surface area contributed by atoms with Crippen molar-refractivity contribution in [3.8, 4) is 6.07 Å². The van der Waals surface area contributed by atoms with Gasteiger partial charge in [-0.05, 0) is 24.3 Å². The van der Waals surface area contributed by atoms with Crippen molar-refractivity contribution in [2.24, 2.45) is 0 Å². The summed E-state index contributed by atoms with van der Waals surface area (Å²) in [5.74, 6) is 1.74. The summed E-state index contributed by atoms with van der Waals surface area (Å²) in [6.07, 6.45) is 3.63. The number of carbonyl (C=O) groups is 1. The molecule has 0 N–H and O–H groups in total. The van der Waals surface area contributed by atoms with Crippen LogP contribution in [0.5, 0.6) is 0 Å². The van der Waals surface area contributed by atoms with E-state index in [1.807, 2.05) is 6.07 Å². The van der Waals surface area contributed by atoms with E-state index >= 15 is 0 Å². The van der Waals surface area contributed by atoms with Gasteiger partial charge in [-0.1, -0.05) is 31.9 Å². The molecule has 0 aromatic heterocycles. The van der Waals surface area contributed by atoms with E-state index in [4.69, 9.17) is 5.26 Å². The van der Waals surface area contributed by atoms with E-state index in [0.29, 0.717) is 16.9 Å². The minimum atomic E-state index is 0.149. The molecule has 0 atom stereocenters. The fourth-order valence-corrected chi connectivity index (χ4v) is 2.34. The number of benzene rings is 1. The van der Waals surface area contributed by atoms with E-state index in [-0.39, 0.29) is 5.78 Å². The van der Waals surface area contributed by atoms with E-state index in [9.17, 15) is 4.79 Å². The molecule has 1 aromatic rings. The van der Waals surface area contributed by atoms with Crippen LogP contribution in [0.3, 0.4) is 0 Å². The van der Waals surface area contributed by atoms with Crippen molar-refractivity contribution < 1.29 is 4.79 Å². The standard InChI is InChI=1S/C14H17NOS/c1-2-3-4-9-17-11-14(16)13-7-5-12(10-15)6-8-13/h5-8H,2-4,9,11H2,1H3. The fraction of sp³-hybridized carbons (Fsp3) is 0.429. The van der Waals surface area contributed by atoms with Crippen molar-refractivity contribution in [3.05, 3.63) is 35.4 Å². The number of carbonyl (C=O) groups excluding carboxylic acids is 1. The van der Waals surface area contributed by atoms with Crippen LogP contribution in [0.4, 0.5) is 0 Å². The van der Waals surface area contributed by atoms with Gasteiger partial charge in [-0.2, -0.15) is 17.0 Å². The molecule has 17 heavy (non-hydrogen) atoms. The predicted molar refractivity (Wildman–Crippen MR) is 72.3 cm³/mol. The molecule has 0 heterocycles. The van der Waals surface area contributed by atoms with Gasteiger partial charge in [0.2, 0.25) is 0 Å². The first-order valence-electron chi connectivity index (χ1n) is 5.89. The summed E-state index contributed by atoms with van der Waals surface area (Å²) in [5, 5.41) is 8.65. The molecule has 0 amide bonds. The van der Waals surface area contributed by atoms with Crippen LogP contribution >= 0.6 is 11.8 Å². The molecule has 2 nitrogen and oxygen atoms in total. The highest BCUT2D eigenvalue weighted by atomic mass is 32.2. The number of Topliss-reactive ketones (excluding diaryl/α,β-unsaturated/α-hetero) is 1. The molecule has 0 unspecified atom stereocenters. The average Bonchev–Trinajstić information content (AvgIpc) is 2.38. The predicted octanol–water partition coefficient (Wildman–Crippen LogP) is 3.66. The Hall–Kier alpha value is -1.27. The Bertz CT molecular complexity index is 392. The molecule has 1 aromatic carbocycles. The summed E-state index contributed by atoms with van der Waals surface area (Å²) in [7, 11) is 0. The Morgan fingerprint density at radius 3 is 2.59 bits per heavy atom. The summed E-state index contributed by atoms with van der Waals surface area (Å²) >= 11 is 1.69. The summed E-state index contributed by atoms with van der Waals surface area (Å²) in [5.41, 5.74) is 1.30. The smallest absolute Gasteiger partial charge is 0.172 e. The van der Waals surface area contributed by atoms with Crippen LogP contribution in [0.25, 0.3) is 0 Å². The number of hydrogen-bond donors (Lipinski definition) is 0. The first kappa shape index (κ1) is 13.8. The van der Waals surface area contributed by atoms with Gasteiger partial charge in [-0.15, -0.1) is 0 Å². The Morgan fingerprint density at radius 2 is 2.00 bits per heavy atom. The molecule has 0 saturated carbocycles. The third-order valence-corrected chi connectivity index (χ3v) is 3.51. The highest BCUT2D eigenvalue weighted by Gasteiger charge is 2.05. The van der Waals surface area contributed by atoms with Crippen molar-refractivity contribution in [1.82, 2.24) is 0 Å². The van der Waals surface area contributed by atoms with Crippen molar-refractivity contribution >= 4 is 17.5 Å². The van der Waals surface area contributed by atoms with Crippen molar-refractivity contribution in [2.75, 3.05) is 11.5 Å². The monoisotopic (exact) mass is 247 g/mol. The quantitative estimate of drug-likeness (QED) is 0.545. The van der Waals surface area contributed by atoms with Crippen LogP contribution in [0.1, 0.15) is 42.1 Å². The molecule has 0 bridgehead atoms.